The quantitative estimate of drug-likeness (QED) is 0.324. The molecular formula is C19H17N5O5. The summed E-state index contributed by atoms with van der Waals surface area (Å²) in [5.41, 5.74) is 6.83. The van der Waals surface area contributed by atoms with Crippen LogP contribution < -0.4 is 20.3 Å². The van der Waals surface area contributed by atoms with Crippen molar-refractivity contribution in [3.05, 3.63) is 48.5 Å². The van der Waals surface area contributed by atoms with Gasteiger partial charge in [-0.1, -0.05) is 18.2 Å². The molecule has 0 saturated carbocycles. The van der Waals surface area contributed by atoms with Crippen LogP contribution in [0.1, 0.15) is 13.8 Å². The number of anilines is 2. The lowest BCUT2D eigenvalue weighted by Crippen LogP contribution is -2.12. The number of nitrogens with one attached hydrogen (secondary N) is 2. The van der Waals surface area contributed by atoms with Crippen LogP contribution in [-0.4, -0.2) is 32.0 Å². The smallest absolute Gasteiger partial charge is 0.319 e. The molecule has 0 radical (unpaired) electrons. The molecule has 148 valence electrons. The van der Waals surface area contributed by atoms with Crippen molar-refractivity contribution < 1.29 is 24.2 Å². The first-order valence-electron chi connectivity index (χ1n) is 8.44. The lowest BCUT2D eigenvalue weighted by molar-refractivity contribution is -0.134. The number of benzene rings is 2. The maximum absolute atomic E-state index is 11.4. The van der Waals surface area contributed by atoms with E-state index in [-0.39, 0.29) is 23.3 Å². The van der Waals surface area contributed by atoms with Crippen LogP contribution in [-0.2, 0) is 9.59 Å². The van der Waals surface area contributed by atoms with Gasteiger partial charge in [-0.3, -0.25) is 20.4 Å². The number of para-hydroxylation sites is 1. The standard InChI is InChI=1S/C19H17N5O5/c1-11(25)28-15-9-8-13(10-16(15)29-12(2)26)17-20-18(22-19(27)21-17)24-23-14-6-4-3-5-7-14/h3-10,23H,1-2H3,(H2,20,21,22,24,27). The number of aromatic hydroxyl groups is 1. The van der Waals surface area contributed by atoms with Crippen LogP contribution in [0.25, 0.3) is 11.4 Å². The van der Waals surface area contributed by atoms with Crippen molar-refractivity contribution in [2.24, 2.45) is 0 Å². The van der Waals surface area contributed by atoms with E-state index in [1.54, 1.807) is 6.07 Å². The molecule has 1 heterocycles. The Kier molecular flexibility index (Phi) is 5.83. The van der Waals surface area contributed by atoms with E-state index in [1.165, 1.54) is 26.0 Å². The first kappa shape index (κ1) is 19.5. The zero-order chi connectivity index (χ0) is 20.8. The van der Waals surface area contributed by atoms with Gasteiger partial charge in [0.1, 0.15) is 0 Å². The molecule has 0 spiro atoms. The average molecular weight is 395 g/mol. The topological polar surface area (TPSA) is 136 Å². The lowest BCUT2D eigenvalue weighted by Gasteiger charge is -2.11. The van der Waals surface area contributed by atoms with Crippen molar-refractivity contribution in [3.63, 3.8) is 0 Å². The number of hydrogen-bond donors (Lipinski definition) is 3. The second-order valence-electron chi connectivity index (χ2n) is 5.75. The maximum Gasteiger partial charge on any atom is 0.319 e. The summed E-state index contributed by atoms with van der Waals surface area (Å²) < 4.78 is 10.1. The molecule has 0 amide bonds. The number of ether oxygens (including phenoxy) is 2. The highest BCUT2D eigenvalue weighted by atomic mass is 16.6. The van der Waals surface area contributed by atoms with E-state index in [0.717, 1.165) is 5.69 Å². The van der Waals surface area contributed by atoms with Gasteiger partial charge in [0, 0.05) is 19.4 Å². The van der Waals surface area contributed by atoms with Gasteiger partial charge < -0.3 is 14.6 Å². The third kappa shape index (κ3) is 5.39. The highest BCUT2D eigenvalue weighted by Crippen LogP contribution is 2.32. The predicted octanol–water partition coefficient (Wildman–Crippen LogP) is 2.53. The van der Waals surface area contributed by atoms with E-state index in [2.05, 4.69) is 25.8 Å². The Labute approximate surface area is 165 Å². The minimum Gasteiger partial charge on any atom is -0.479 e. The molecule has 0 aliphatic rings. The molecule has 0 bridgehead atoms. The summed E-state index contributed by atoms with van der Waals surface area (Å²) in [5, 5.41) is 9.86. The molecule has 0 atom stereocenters. The van der Waals surface area contributed by atoms with Crippen LogP contribution in [0.2, 0.25) is 0 Å². The minimum atomic E-state index is -0.594. The molecule has 0 aliphatic heterocycles. The summed E-state index contributed by atoms with van der Waals surface area (Å²) >= 11 is 0. The Balaban J connectivity index is 1.89. The van der Waals surface area contributed by atoms with Crippen molar-refractivity contribution in [1.29, 1.82) is 0 Å². The van der Waals surface area contributed by atoms with Gasteiger partial charge in [0.05, 0.1) is 5.69 Å². The zero-order valence-electron chi connectivity index (χ0n) is 15.5. The van der Waals surface area contributed by atoms with Crippen molar-refractivity contribution >= 4 is 23.6 Å². The molecule has 3 aromatic rings. The number of nitrogens with zero attached hydrogens (tertiary/aromatic N) is 3. The molecule has 2 aromatic carbocycles. The van der Waals surface area contributed by atoms with Gasteiger partial charge >= 0.3 is 17.9 Å². The number of carbonyl (C=O) groups is 2. The summed E-state index contributed by atoms with van der Waals surface area (Å²) in [5.74, 6) is -0.904. The fourth-order valence-corrected chi connectivity index (χ4v) is 2.32. The van der Waals surface area contributed by atoms with Crippen LogP contribution >= 0.6 is 0 Å². The summed E-state index contributed by atoms with van der Waals surface area (Å²) in [4.78, 5) is 34.5. The number of esters is 2. The Bertz CT molecular complexity index is 1040. The number of rotatable bonds is 6. The second-order valence-corrected chi connectivity index (χ2v) is 5.75. The molecular weight excluding hydrogens is 378 g/mol. The predicted molar refractivity (Wildman–Crippen MR) is 103 cm³/mol. The van der Waals surface area contributed by atoms with Crippen LogP contribution in [0.3, 0.4) is 0 Å². The van der Waals surface area contributed by atoms with Gasteiger partial charge in [-0.15, -0.1) is 0 Å². The van der Waals surface area contributed by atoms with E-state index in [4.69, 9.17) is 9.47 Å². The van der Waals surface area contributed by atoms with Crippen molar-refractivity contribution in [2.75, 3.05) is 10.9 Å². The Morgan fingerprint density at radius 1 is 0.862 bits per heavy atom. The van der Waals surface area contributed by atoms with E-state index >= 15 is 0 Å². The molecule has 10 nitrogen and oxygen atoms in total. The molecule has 3 rings (SSSR count). The number of carbonyl (C=O) groups excluding carboxylic acids is 2. The lowest BCUT2D eigenvalue weighted by atomic mass is 10.2. The Morgan fingerprint density at radius 2 is 1.55 bits per heavy atom. The highest BCUT2D eigenvalue weighted by molar-refractivity contribution is 5.75. The molecule has 0 aliphatic carbocycles. The van der Waals surface area contributed by atoms with Gasteiger partial charge in [0.15, 0.2) is 17.3 Å². The van der Waals surface area contributed by atoms with Gasteiger partial charge in [0.2, 0.25) is 5.95 Å². The van der Waals surface area contributed by atoms with Gasteiger partial charge in [0.25, 0.3) is 0 Å². The fourth-order valence-electron chi connectivity index (χ4n) is 2.32. The van der Waals surface area contributed by atoms with Crippen LogP contribution in [0.5, 0.6) is 17.5 Å². The molecule has 0 saturated heterocycles. The van der Waals surface area contributed by atoms with Crippen LogP contribution in [0.4, 0.5) is 11.6 Å². The molecule has 0 fully saturated rings. The number of hydrazine groups is 1. The maximum atomic E-state index is 11.4. The first-order valence-corrected chi connectivity index (χ1v) is 8.44. The molecule has 10 heteroatoms. The van der Waals surface area contributed by atoms with E-state index < -0.39 is 17.9 Å². The summed E-state index contributed by atoms with van der Waals surface area (Å²) in [6.07, 6.45) is 0. The summed E-state index contributed by atoms with van der Waals surface area (Å²) in [6, 6.07) is 13.1. The fraction of sp³-hybridized carbons (Fsp3) is 0.105. The Morgan fingerprint density at radius 3 is 2.24 bits per heavy atom. The van der Waals surface area contributed by atoms with E-state index in [1.807, 2.05) is 30.3 Å². The van der Waals surface area contributed by atoms with Crippen molar-refractivity contribution in [3.8, 4) is 28.9 Å². The van der Waals surface area contributed by atoms with Crippen molar-refractivity contribution in [1.82, 2.24) is 15.0 Å². The first-order chi connectivity index (χ1) is 13.9. The summed E-state index contributed by atoms with van der Waals surface area (Å²) in [7, 11) is 0. The molecule has 1 aromatic heterocycles. The average Bonchev–Trinajstić information content (AvgIpc) is 2.67. The molecule has 29 heavy (non-hydrogen) atoms. The van der Waals surface area contributed by atoms with Gasteiger partial charge in [-0.2, -0.15) is 15.0 Å². The monoisotopic (exact) mass is 395 g/mol. The third-order valence-corrected chi connectivity index (χ3v) is 3.43. The molecule has 3 N–H and O–H groups in total. The minimum absolute atomic E-state index is 0.0158. The highest BCUT2D eigenvalue weighted by Gasteiger charge is 2.15. The van der Waals surface area contributed by atoms with E-state index in [0.29, 0.717) is 5.56 Å². The summed E-state index contributed by atoms with van der Waals surface area (Å²) in [6.45, 7) is 2.45. The van der Waals surface area contributed by atoms with E-state index in [9.17, 15) is 14.7 Å². The zero-order valence-corrected chi connectivity index (χ0v) is 15.5. The van der Waals surface area contributed by atoms with Crippen LogP contribution in [0, 0.1) is 0 Å². The molecule has 0 unspecified atom stereocenters. The van der Waals surface area contributed by atoms with Crippen molar-refractivity contribution in [2.45, 2.75) is 13.8 Å². The largest absolute Gasteiger partial charge is 0.479 e. The second kappa shape index (κ2) is 8.65. The number of hydrogen-bond acceptors (Lipinski definition) is 10. The number of aromatic nitrogens is 3. The van der Waals surface area contributed by atoms with Gasteiger partial charge in [-0.25, -0.2) is 0 Å². The van der Waals surface area contributed by atoms with Crippen LogP contribution in [0.15, 0.2) is 48.5 Å². The third-order valence-electron chi connectivity index (χ3n) is 3.43. The SMILES string of the molecule is CC(=O)Oc1ccc(-c2nc(O)nc(NNc3ccccc3)n2)cc1OC(C)=O. The Hall–Kier alpha value is -4.21. The van der Waals surface area contributed by atoms with Gasteiger partial charge in [-0.05, 0) is 30.3 Å². The normalized spacial score (nSPS) is 10.1.